The second-order valence-corrected chi connectivity index (χ2v) is 7.76. The quantitative estimate of drug-likeness (QED) is 0.724. The summed E-state index contributed by atoms with van der Waals surface area (Å²) in [4.78, 5) is 16.7. The number of fused-ring (bicyclic) bond motifs is 1. The van der Waals surface area contributed by atoms with Gasteiger partial charge in [0.2, 0.25) is 15.9 Å². The number of benzene rings is 2. The fourth-order valence-corrected chi connectivity index (χ4v) is 3.63. The number of rotatable bonds is 6. The van der Waals surface area contributed by atoms with Crippen LogP contribution in [0.15, 0.2) is 66.9 Å². The summed E-state index contributed by atoms with van der Waals surface area (Å²) in [5.41, 5.74) is 1.85. The number of sulfonamides is 1. The molecule has 1 amide bonds. The second kappa shape index (κ2) is 7.53. The van der Waals surface area contributed by atoms with Crippen molar-refractivity contribution in [1.82, 2.24) is 4.98 Å². The van der Waals surface area contributed by atoms with E-state index in [1.807, 2.05) is 30.3 Å². The van der Waals surface area contributed by atoms with Gasteiger partial charge in [0, 0.05) is 24.5 Å². The third-order valence-corrected chi connectivity index (χ3v) is 5.09. The Bertz CT molecular complexity index is 1020. The summed E-state index contributed by atoms with van der Waals surface area (Å²) in [5.74, 6) is -0.271. The summed E-state index contributed by atoms with van der Waals surface area (Å²) >= 11 is 0. The number of hydrogen-bond donors (Lipinski definition) is 1. The van der Waals surface area contributed by atoms with Gasteiger partial charge in [-0.25, -0.2) is 8.42 Å². The molecule has 0 unspecified atom stereocenters. The Labute approximate surface area is 152 Å². The van der Waals surface area contributed by atoms with Crippen molar-refractivity contribution >= 4 is 38.2 Å². The number of aromatic nitrogens is 1. The van der Waals surface area contributed by atoms with Crippen LogP contribution in [0.1, 0.15) is 6.42 Å². The van der Waals surface area contributed by atoms with Crippen molar-refractivity contribution < 1.29 is 13.2 Å². The van der Waals surface area contributed by atoms with Crippen LogP contribution in [0.3, 0.4) is 0 Å². The number of pyridine rings is 1. The molecule has 0 fully saturated rings. The van der Waals surface area contributed by atoms with Crippen LogP contribution in [-0.4, -0.2) is 32.1 Å². The molecule has 0 saturated heterocycles. The smallest absolute Gasteiger partial charge is 0.232 e. The molecule has 3 rings (SSSR count). The molecule has 0 bridgehead atoms. The zero-order chi connectivity index (χ0) is 18.6. The van der Waals surface area contributed by atoms with E-state index in [9.17, 15) is 13.2 Å². The number of amides is 1. The number of nitrogens with zero attached hydrogens (tertiary/aromatic N) is 2. The molecule has 0 aliphatic heterocycles. The van der Waals surface area contributed by atoms with E-state index in [2.05, 4.69) is 10.3 Å². The van der Waals surface area contributed by atoms with Crippen LogP contribution in [0.5, 0.6) is 0 Å². The predicted octanol–water partition coefficient (Wildman–Crippen LogP) is 3.03. The summed E-state index contributed by atoms with van der Waals surface area (Å²) in [6.45, 7) is 0.0624. The molecular formula is C19H19N3O3S. The van der Waals surface area contributed by atoms with Crippen molar-refractivity contribution in [3.63, 3.8) is 0 Å². The Morgan fingerprint density at radius 3 is 2.50 bits per heavy atom. The lowest BCUT2D eigenvalue weighted by Gasteiger charge is -2.22. The molecule has 0 saturated carbocycles. The van der Waals surface area contributed by atoms with Gasteiger partial charge in [0.1, 0.15) is 0 Å². The maximum Gasteiger partial charge on any atom is 0.232 e. The van der Waals surface area contributed by atoms with E-state index in [1.165, 1.54) is 4.31 Å². The topological polar surface area (TPSA) is 79.4 Å². The minimum absolute atomic E-state index is 0.0329. The predicted molar refractivity (Wildman–Crippen MR) is 104 cm³/mol. The number of anilines is 2. The van der Waals surface area contributed by atoms with Crippen LogP contribution in [0.25, 0.3) is 10.9 Å². The number of carbonyl (C=O) groups is 1. The third kappa shape index (κ3) is 4.18. The molecule has 1 aromatic heterocycles. The summed E-state index contributed by atoms with van der Waals surface area (Å²) in [6.07, 6.45) is 2.83. The second-order valence-electron chi connectivity index (χ2n) is 5.85. The normalized spacial score (nSPS) is 11.3. The average molecular weight is 369 g/mol. The fourth-order valence-electron chi connectivity index (χ4n) is 2.70. The lowest BCUT2D eigenvalue weighted by atomic mass is 10.2. The first-order chi connectivity index (χ1) is 12.4. The van der Waals surface area contributed by atoms with Crippen molar-refractivity contribution in [3.8, 4) is 0 Å². The Balaban J connectivity index is 1.73. The molecule has 0 atom stereocenters. The zero-order valence-electron chi connectivity index (χ0n) is 14.3. The van der Waals surface area contributed by atoms with Gasteiger partial charge in [-0.15, -0.1) is 0 Å². The molecule has 0 aliphatic rings. The molecule has 6 nitrogen and oxygen atoms in total. The Morgan fingerprint density at radius 2 is 1.77 bits per heavy atom. The molecule has 0 aliphatic carbocycles. The number of carbonyl (C=O) groups excluding carboxylic acids is 1. The third-order valence-electron chi connectivity index (χ3n) is 3.89. The SMILES string of the molecule is CS(=O)(=O)N(CCC(=O)Nc1cccc2cccnc12)c1ccccc1. The highest BCUT2D eigenvalue weighted by atomic mass is 32.2. The first kappa shape index (κ1) is 17.9. The van der Waals surface area contributed by atoms with E-state index in [-0.39, 0.29) is 18.9 Å². The average Bonchev–Trinajstić information content (AvgIpc) is 2.62. The molecule has 1 N–H and O–H groups in total. The standard InChI is InChI=1S/C19H19N3O3S/c1-26(24,25)22(16-9-3-2-4-10-16)14-12-18(23)21-17-11-5-7-15-8-6-13-20-19(15)17/h2-11,13H,12,14H2,1H3,(H,21,23). The van der Waals surface area contributed by atoms with Crippen molar-refractivity contribution in [1.29, 1.82) is 0 Å². The van der Waals surface area contributed by atoms with Crippen LogP contribution in [0, 0.1) is 0 Å². The first-order valence-electron chi connectivity index (χ1n) is 8.11. The number of para-hydroxylation sites is 2. The summed E-state index contributed by atoms with van der Waals surface area (Å²) in [6, 6.07) is 18.0. The van der Waals surface area contributed by atoms with Gasteiger partial charge in [0.05, 0.1) is 23.1 Å². The van der Waals surface area contributed by atoms with E-state index < -0.39 is 10.0 Å². The van der Waals surface area contributed by atoms with Crippen LogP contribution < -0.4 is 9.62 Å². The van der Waals surface area contributed by atoms with Crippen molar-refractivity contribution in [2.24, 2.45) is 0 Å². The van der Waals surface area contributed by atoms with Crippen molar-refractivity contribution in [2.45, 2.75) is 6.42 Å². The number of nitrogens with one attached hydrogen (secondary N) is 1. The van der Waals surface area contributed by atoms with Gasteiger partial charge in [-0.3, -0.25) is 14.1 Å². The largest absolute Gasteiger partial charge is 0.324 e. The lowest BCUT2D eigenvalue weighted by Crippen LogP contribution is -2.33. The van der Waals surface area contributed by atoms with Gasteiger partial charge in [-0.2, -0.15) is 0 Å². The maximum absolute atomic E-state index is 12.4. The molecule has 3 aromatic rings. The minimum atomic E-state index is -3.48. The first-order valence-corrected chi connectivity index (χ1v) is 9.96. The van der Waals surface area contributed by atoms with Crippen LogP contribution >= 0.6 is 0 Å². The van der Waals surface area contributed by atoms with E-state index in [0.29, 0.717) is 16.9 Å². The molecular weight excluding hydrogens is 350 g/mol. The summed E-state index contributed by atoms with van der Waals surface area (Å²) in [5, 5.41) is 3.74. The highest BCUT2D eigenvalue weighted by Gasteiger charge is 2.18. The molecule has 134 valence electrons. The highest BCUT2D eigenvalue weighted by Crippen LogP contribution is 2.21. The van der Waals surface area contributed by atoms with Crippen LogP contribution in [-0.2, 0) is 14.8 Å². The summed E-state index contributed by atoms with van der Waals surface area (Å²) < 4.78 is 25.4. The van der Waals surface area contributed by atoms with Gasteiger partial charge in [0.25, 0.3) is 0 Å². The molecule has 1 heterocycles. The van der Waals surface area contributed by atoms with Crippen molar-refractivity contribution in [3.05, 3.63) is 66.9 Å². The summed E-state index contributed by atoms with van der Waals surface area (Å²) in [7, 11) is -3.48. The lowest BCUT2D eigenvalue weighted by molar-refractivity contribution is -0.116. The van der Waals surface area contributed by atoms with E-state index in [1.54, 1.807) is 36.5 Å². The van der Waals surface area contributed by atoms with Crippen LogP contribution in [0.4, 0.5) is 11.4 Å². The van der Waals surface area contributed by atoms with E-state index in [4.69, 9.17) is 0 Å². The van der Waals surface area contributed by atoms with Gasteiger partial charge in [-0.1, -0.05) is 36.4 Å². The van der Waals surface area contributed by atoms with Gasteiger partial charge in [-0.05, 0) is 24.3 Å². The van der Waals surface area contributed by atoms with E-state index in [0.717, 1.165) is 11.6 Å². The Kier molecular flexibility index (Phi) is 5.18. The van der Waals surface area contributed by atoms with Crippen molar-refractivity contribution in [2.75, 3.05) is 22.4 Å². The van der Waals surface area contributed by atoms with Crippen LogP contribution in [0.2, 0.25) is 0 Å². The van der Waals surface area contributed by atoms with Gasteiger partial charge in [0.15, 0.2) is 0 Å². The Hall–Kier alpha value is -2.93. The monoisotopic (exact) mass is 369 g/mol. The van der Waals surface area contributed by atoms with Gasteiger partial charge < -0.3 is 5.32 Å². The van der Waals surface area contributed by atoms with Gasteiger partial charge >= 0.3 is 0 Å². The molecule has 0 spiro atoms. The highest BCUT2D eigenvalue weighted by molar-refractivity contribution is 7.92. The van der Waals surface area contributed by atoms with E-state index >= 15 is 0 Å². The zero-order valence-corrected chi connectivity index (χ0v) is 15.1. The number of hydrogen-bond acceptors (Lipinski definition) is 4. The Morgan fingerprint density at radius 1 is 1.04 bits per heavy atom. The molecule has 2 aromatic carbocycles. The minimum Gasteiger partial charge on any atom is -0.324 e. The maximum atomic E-state index is 12.4. The fraction of sp³-hybridized carbons (Fsp3) is 0.158. The molecule has 7 heteroatoms. The molecule has 0 radical (unpaired) electrons. The molecule has 26 heavy (non-hydrogen) atoms.